The molecule has 21 heavy (non-hydrogen) atoms. The van der Waals surface area contributed by atoms with E-state index in [1.165, 1.54) is 0 Å². The smallest absolute Gasteiger partial charge is 0.229 e. The molecular weight excluding hydrogens is 278 g/mol. The van der Waals surface area contributed by atoms with Crippen LogP contribution in [0.3, 0.4) is 0 Å². The average Bonchev–Trinajstić information content (AvgIpc) is 2.76. The molecule has 0 bridgehead atoms. The number of nitrogens with zero attached hydrogens (tertiary/aromatic N) is 1. The van der Waals surface area contributed by atoms with Gasteiger partial charge >= 0.3 is 0 Å². The van der Waals surface area contributed by atoms with Gasteiger partial charge < -0.3 is 10.2 Å². The Morgan fingerprint density at radius 2 is 2.00 bits per heavy atom. The van der Waals surface area contributed by atoms with E-state index in [4.69, 9.17) is 0 Å². The number of halogens is 2. The van der Waals surface area contributed by atoms with Crippen LogP contribution in [0, 0.1) is 17.6 Å². The third-order valence-corrected chi connectivity index (χ3v) is 3.50. The van der Waals surface area contributed by atoms with Gasteiger partial charge in [-0.25, -0.2) is 8.78 Å². The second-order valence-corrected chi connectivity index (χ2v) is 5.24. The van der Waals surface area contributed by atoms with Gasteiger partial charge in [-0.2, -0.15) is 0 Å². The zero-order valence-electron chi connectivity index (χ0n) is 11.9. The van der Waals surface area contributed by atoms with E-state index in [-0.39, 0.29) is 23.9 Å². The summed E-state index contributed by atoms with van der Waals surface area (Å²) in [6, 6.07) is 2.83. The number of hydrogen-bond donors (Lipinski definition) is 1. The number of nitrogens with one attached hydrogen (secondary N) is 1. The molecule has 0 aliphatic carbocycles. The van der Waals surface area contributed by atoms with Gasteiger partial charge in [-0.1, -0.05) is 13.3 Å². The molecule has 0 saturated carbocycles. The zero-order valence-corrected chi connectivity index (χ0v) is 11.9. The van der Waals surface area contributed by atoms with E-state index in [9.17, 15) is 18.4 Å². The molecular formula is C15H18F2N2O2. The van der Waals surface area contributed by atoms with Crippen molar-refractivity contribution in [3.63, 3.8) is 0 Å². The lowest BCUT2D eigenvalue weighted by atomic mass is 10.1. The van der Waals surface area contributed by atoms with Crippen molar-refractivity contribution in [3.05, 3.63) is 29.8 Å². The summed E-state index contributed by atoms with van der Waals surface area (Å²) in [5, 5.41) is 2.46. The quantitative estimate of drug-likeness (QED) is 0.908. The van der Waals surface area contributed by atoms with Crippen molar-refractivity contribution in [2.45, 2.75) is 26.2 Å². The Kier molecular flexibility index (Phi) is 4.88. The summed E-state index contributed by atoms with van der Waals surface area (Å²) in [6.07, 6.45) is 2.02. The summed E-state index contributed by atoms with van der Waals surface area (Å²) in [5.74, 6) is -2.41. The molecule has 1 N–H and O–H groups in total. The third kappa shape index (κ3) is 4.00. The third-order valence-electron chi connectivity index (χ3n) is 3.50. The molecule has 0 unspecified atom stereocenters. The number of hydrogen-bond acceptors (Lipinski definition) is 2. The largest absolute Gasteiger partial charge is 0.342 e. The molecule has 0 spiro atoms. The van der Waals surface area contributed by atoms with E-state index < -0.39 is 17.6 Å². The predicted octanol–water partition coefficient (Wildman–Crippen LogP) is 2.55. The zero-order chi connectivity index (χ0) is 15.4. The highest BCUT2D eigenvalue weighted by molar-refractivity contribution is 5.97. The van der Waals surface area contributed by atoms with Crippen molar-refractivity contribution >= 4 is 17.5 Å². The summed E-state index contributed by atoms with van der Waals surface area (Å²) < 4.78 is 26.1. The second-order valence-electron chi connectivity index (χ2n) is 5.24. The maximum atomic E-state index is 13.1. The van der Waals surface area contributed by atoms with Gasteiger partial charge in [0.15, 0.2) is 0 Å². The van der Waals surface area contributed by atoms with Crippen molar-refractivity contribution in [1.82, 2.24) is 4.90 Å². The lowest BCUT2D eigenvalue weighted by molar-refractivity contribution is -0.128. The first-order chi connectivity index (χ1) is 9.99. The Bertz CT molecular complexity index is 528. The Hall–Kier alpha value is -1.98. The average molecular weight is 296 g/mol. The van der Waals surface area contributed by atoms with Crippen LogP contribution in [0.5, 0.6) is 0 Å². The van der Waals surface area contributed by atoms with Gasteiger partial charge in [-0.05, 0) is 18.6 Å². The van der Waals surface area contributed by atoms with Crippen LogP contribution in [0.15, 0.2) is 18.2 Å². The predicted molar refractivity (Wildman–Crippen MR) is 74.6 cm³/mol. The van der Waals surface area contributed by atoms with Gasteiger partial charge in [-0.3, -0.25) is 9.59 Å². The number of carbonyl (C=O) groups is 2. The van der Waals surface area contributed by atoms with Crippen LogP contribution in [-0.4, -0.2) is 29.8 Å². The number of carbonyl (C=O) groups excluding carboxylic acids is 2. The Labute approximate surface area is 122 Å². The minimum absolute atomic E-state index is 0.0472. The molecule has 2 rings (SSSR count). The molecule has 0 aromatic heterocycles. The SMILES string of the molecule is CCCCN1C[C@H](C(=O)Nc2cc(F)cc(F)c2)CC1=O. The summed E-state index contributed by atoms with van der Waals surface area (Å²) in [7, 11) is 0. The van der Waals surface area contributed by atoms with E-state index >= 15 is 0 Å². The van der Waals surface area contributed by atoms with Gasteiger partial charge in [0.2, 0.25) is 11.8 Å². The number of amides is 2. The van der Waals surface area contributed by atoms with Crippen molar-refractivity contribution in [2.24, 2.45) is 5.92 Å². The molecule has 1 aliphatic rings. The standard InChI is InChI=1S/C15H18F2N2O2/c1-2-3-4-19-9-10(5-14(19)20)15(21)18-13-7-11(16)6-12(17)8-13/h6-8,10H,2-5,9H2,1H3,(H,18,21)/t10-/m1/s1. The Morgan fingerprint density at radius 3 is 2.62 bits per heavy atom. The Balaban J connectivity index is 1.96. The number of likely N-dealkylation sites (tertiary alicyclic amines) is 1. The molecule has 1 fully saturated rings. The highest BCUT2D eigenvalue weighted by Crippen LogP contribution is 2.21. The second kappa shape index (κ2) is 6.65. The van der Waals surface area contributed by atoms with Crippen molar-refractivity contribution < 1.29 is 18.4 Å². The summed E-state index contributed by atoms with van der Waals surface area (Å²) >= 11 is 0. The van der Waals surface area contributed by atoms with Gasteiger partial charge in [0.05, 0.1) is 5.92 Å². The molecule has 1 aliphatic heterocycles. The van der Waals surface area contributed by atoms with E-state index in [2.05, 4.69) is 5.32 Å². The molecule has 1 saturated heterocycles. The molecule has 6 heteroatoms. The van der Waals surface area contributed by atoms with E-state index in [0.29, 0.717) is 13.1 Å². The fraction of sp³-hybridized carbons (Fsp3) is 0.467. The van der Waals surface area contributed by atoms with Crippen LogP contribution in [0.25, 0.3) is 0 Å². The highest BCUT2D eigenvalue weighted by atomic mass is 19.1. The number of anilines is 1. The van der Waals surface area contributed by atoms with Gasteiger partial charge in [0.1, 0.15) is 11.6 Å². The molecule has 0 radical (unpaired) electrons. The van der Waals surface area contributed by atoms with Gasteiger partial charge in [-0.15, -0.1) is 0 Å². The summed E-state index contributed by atoms with van der Waals surface area (Å²) in [4.78, 5) is 25.5. The monoisotopic (exact) mass is 296 g/mol. The molecule has 2 amide bonds. The van der Waals surface area contributed by atoms with Crippen LogP contribution in [-0.2, 0) is 9.59 Å². The van der Waals surface area contributed by atoms with Crippen molar-refractivity contribution in [2.75, 3.05) is 18.4 Å². The molecule has 1 heterocycles. The van der Waals surface area contributed by atoms with E-state index in [0.717, 1.165) is 31.0 Å². The minimum atomic E-state index is -0.752. The van der Waals surface area contributed by atoms with Crippen LogP contribution in [0.4, 0.5) is 14.5 Å². The fourth-order valence-corrected chi connectivity index (χ4v) is 2.38. The normalized spacial score (nSPS) is 18.1. The maximum absolute atomic E-state index is 13.1. The van der Waals surface area contributed by atoms with Crippen LogP contribution < -0.4 is 5.32 Å². The first-order valence-corrected chi connectivity index (χ1v) is 7.04. The number of benzene rings is 1. The molecule has 4 nitrogen and oxygen atoms in total. The fourth-order valence-electron chi connectivity index (χ4n) is 2.38. The maximum Gasteiger partial charge on any atom is 0.229 e. The molecule has 1 aromatic carbocycles. The van der Waals surface area contributed by atoms with Crippen LogP contribution in [0.2, 0.25) is 0 Å². The number of rotatable bonds is 5. The minimum Gasteiger partial charge on any atom is -0.342 e. The van der Waals surface area contributed by atoms with E-state index in [1.54, 1.807) is 4.90 Å². The van der Waals surface area contributed by atoms with Gasteiger partial charge in [0, 0.05) is 31.3 Å². The van der Waals surface area contributed by atoms with E-state index in [1.807, 2.05) is 6.92 Å². The first-order valence-electron chi connectivity index (χ1n) is 7.04. The lowest BCUT2D eigenvalue weighted by Gasteiger charge is -2.16. The van der Waals surface area contributed by atoms with Crippen molar-refractivity contribution in [1.29, 1.82) is 0 Å². The molecule has 114 valence electrons. The highest BCUT2D eigenvalue weighted by Gasteiger charge is 2.33. The Morgan fingerprint density at radius 1 is 1.33 bits per heavy atom. The van der Waals surface area contributed by atoms with Crippen molar-refractivity contribution in [3.8, 4) is 0 Å². The van der Waals surface area contributed by atoms with Gasteiger partial charge in [0.25, 0.3) is 0 Å². The summed E-state index contributed by atoms with van der Waals surface area (Å²) in [6.45, 7) is 3.04. The van der Waals surface area contributed by atoms with Crippen LogP contribution in [0.1, 0.15) is 26.2 Å². The number of unbranched alkanes of at least 4 members (excludes halogenated alkanes) is 1. The lowest BCUT2D eigenvalue weighted by Crippen LogP contribution is -2.29. The van der Waals surface area contributed by atoms with Crippen LogP contribution >= 0.6 is 0 Å². The molecule has 1 atom stereocenters. The summed E-state index contributed by atoms with van der Waals surface area (Å²) in [5.41, 5.74) is 0.0666. The molecule has 1 aromatic rings. The first kappa shape index (κ1) is 15.4. The topological polar surface area (TPSA) is 49.4 Å².